The van der Waals surface area contributed by atoms with Gasteiger partial charge in [-0.1, -0.05) is 18.9 Å². The Kier molecular flexibility index (Phi) is 4.03. The number of carbonyl (C=O) groups excluding carboxylic acids is 1. The van der Waals surface area contributed by atoms with Crippen molar-refractivity contribution in [1.29, 1.82) is 0 Å². The van der Waals surface area contributed by atoms with Gasteiger partial charge in [0.1, 0.15) is 0 Å². The van der Waals surface area contributed by atoms with Crippen LogP contribution in [0.2, 0.25) is 0 Å². The summed E-state index contributed by atoms with van der Waals surface area (Å²) in [6.07, 6.45) is 4.88. The smallest absolute Gasteiger partial charge is 0.251 e. The van der Waals surface area contributed by atoms with Crippen molar-refractivity contribution in [2.24, 2.45) is 11.7 Å². The predicted octanol–water partition coefficient (Wildman–Crippen LogP) is 1.96. The number of nitrogens with one attached hydrogen (secondary N) is 1. The van der Waals surface area contributed by atoms with Crippen molar-refractivity contribution in [1.82, 2.24) is 5.32 Å². The number of benzene rings is 1. The normalized spacial score (nSPS) is 19.9. The number of hydrogen-bond acceptors (Lipinski definition) is 3. The van der Waals surface area contributed by atoms with Crippen LogP contribution in [0.3, 0.4) is 0 Å². The first kappa shape index (κ1) is 13.6. The van der Waals surface area contributed by atoms with Gasteiger partial charge in [-0.25, -0.2) is 0 Å². The number of carbonyl (C=O) groups is 1. The summed E-state index contributed by atoms with van der Waals surface area (Å²) >= 11 is 0. The van der Waals surface area contributed by atoms with E-state index in [2.05, 4.69) is 5.32 Å². The summed E-state index contributed by atoms with van der Waals surface area (Å²) in [5, 5.41) is 3.11. The fourth-order valence-corrected chi connectivity index (χ4v) is 3.29. The third-order valence-corrected chi connectivity index (χ3v) is 4.52. The van der Waals surface area contributed by atoms with Crippen molar-refractivity contribution in [3.63, 3.8) is 0 Å². The maximum Gasteiger partial charge on any atom is 0.251 e. The SMILES string of the molecule is NCC(NC(=O)c1ccc2c(c1)COC2)C1CCCC1. The molecule has 0 aromatic heterocycles. The van der Waals surface area contributed by atoms with Crippen LogP contribution in [-0.4, -0.2) is 18.5 Å². The van der Waals surface area contributed by atoms with E-state index in [1.165, 1.54) is 31.2 Å². The first-order valence-electron chi connectivity index (χ1n) is 7.48. The molecule has 1 heterocycles. The van der Waals surface area contributed by atoms with Gasteiger partial charge in [0.2, 0.25) is 0 Å². The summed E-state index contributed by atoms with van der Waals surface area (Å²) in [4.78, 5) is 12.4. The van der Waals surface area contributed by atoms with Gasteiger partial charge in [-0.05, 0) is 42.0 Å². The van der Waals surface area contributed by atoms with Crippen LogP contribution in [-0.2, 0) is 18.0 Å². The Morgan fingerprint density at radius 3 is 2.80 bits per heavy atom. The molecule has 1 aromatic rings. The van der Waals surface area contributed by atoms with Crippen LogP contribution in [0.4, 0.5) is 0 Å². The second kappa shape index (κ2) is 5.94. The summed E-state index contributed by atoms with van der Waals surface area (Å²) < 4.78 is 5.38. The van der Waals surface area contributed by atoms with Crippen molar-refractivity contribution in [2.75, 3.05) is 6.54 Å². The zero-order valence-electron chi connectivity index (χ0n) is 11.7. The van der Waals surface area contributed by atoms with Gasteiger partial charge in [-0.2, -0.15) is 0 Å². The molecular weight excluding hydrogens is 252 g/mol. The van der Waals surface area contributed by atoms with Crippen molar-refractivity contribution in [2.45, 2.75) is 44.9 Å². The Hall–Kier alpha value is -1.39. The van der Waals surface area contributed by atoms with Crippen LogP contribution in [0.1, 0.15) is 47.2 Å². The first-order valence-corrected chi connectivity index (χ1v) is 7.48. The molecule has 0 bridgehead atoms. The molecule has 4 nitrogen and oxygen atoms in total. The molecule has 3 rings (SSSR count). The molecule has 108 valence electrons. The van der Waals surface area contributed by atoms with Gasteiger partial charge in [0, 0.05) is 18.2 Å². The Labute approximate surface area is 119 Å². The van der Waals surface area contributed by atoms with Crippen molar-refractivity contribution in [3.8, 4) is 0 Å². The standard InChI is InChI=1S/C16H22N2O2/c17-8-15(11-3-1-2-4-11)18-16(19)12-5-6-13-9-20-10-14(13)7-12/h5-7,11,15H,1-4,8-10,17H2,(H,18,19). The summed E-state index contributed by atoms with van der Waals surface area (Å²) in [6, 6.07) is 5.92. The topological polar surface area (TPSA) is 64.3 Å². The van der Waals surface area contributed by atoms with Crippen LogP contribution in [0.5, 0.6) is 0 Å². The molecule has 20 heavy (non-hydrogen) atoms. The maximum atomic E-state index is 12.4. The molecule has 1 unspecified atom stereocenters. The van der Waals surface area contributed by atoms with E-state index in [4.69, 9.17) is 10.5 Å². The highest BCUT2D eigenvalue weighted by Gasteiger charge is 2.25. The van der Waals surface area contributed by atoms with Crippen molar-refractivity contribution < 1.29 is 9.53 Å². The highest BCUT2D eigenvalue weighted by molar-refractivity contribution is 5.94. The Morgan fingerprint density at radius 1 is 1.30 bits per heavy atom. The molecule has 0 saturated heterocycles. The molecule has 1 aromatic carbocycles. The summed E-state index contributed by atoms with van der Waals surface area (Å²) in [6.45, 7) is 1.79. The molecule has 1 atom stereocenters. The quantitative estimate of drug-likeness (QED) is 0.882. The molecule has 0 radical (unpaired) electrons. The van der Waals surface area contributed by atoms with Gasteiger partial charge < -0.3 is 15.8 Å². The van der Waals surface area contributed by atoms with Crippen molar-refractivity contribution >= 4 is 5.91 Å². The monoisotopic (exact) mass is 274 g/mol. The average molecular weight is 274 g/mol. The molecular formula is C16H22N2O2. The zero-order chi connectivity index (χ0) is 13.9. The van der Waals surface area contributed by atoms with Gasteiger partial charge in [0.25, 0.3) is 5.91 Å². The number of rotatable bonds is 4. The number of amides is 1. The number of fused-ring (bicyclic) bond motifs is 1. The molecule has 0 spiro atoms. The van der Waals surface area contributed by atoms with Gasteiger partial charge in [0.05, 0.1) is 13.2 Å². The Morgan fingerprint density at radius 2 is 2.05 bits per heavy atom. The average Bonchev–Trinajstić information content (AvgIpc) is 3.14. The number of hydrogen-bond donors (Lipinski definition) is 2. The van der Waals surface area contributed by atoms with E-state index in [1.807, 2.05) is 18.2 Å². The predicted molar refractivity (Wildman–Crippen MR) is 77.2 cm³/mol. The summed E-state index contributed by atoms with van der Waals surface area (Å²) in [5.74, 6) is 0.531. The second-order valence-corrected chi connectivity index (χ2v) is 5.84. The Balaban J connectivity index is 1.68. The number of nitrogens with two attached hydrogens (primary N) is 1. The minimum absolute atomic E-state index is 0.0120. The molecule has 2 aliphatic rings. The maximum absolute atomic E-state index is 12.4. The number of ether oxygens (including phenoxy) is 1. The lowest BCUT2D eigenvalue weighted by Gasteiger charge is -2.23. The van der Waals surface area contributed by atoms with Crippen molar-refractivity contribution in [3.05, 3.63) is 34.9 Å². The minimum Gasteiger partial charge on any atom is -0.372 e. The largest absolute Gasteiger partial charge is 0.372 e. The molecule has 1 aliphatic carbocycles. The van der Waals surface area contributed by atoms with Crippen LogP contribution >= 0.6 is 0 Å². The van der Waals surface area contributed by atoms with Gasteiger partial charge in [0.15, 0.2) is 0 Å². The van der Waals surface area contributed by atoms with E-state index in [1.54, 1.807) is 0 Å². The molecule has 1 fully saturated rings. The van der Waals surface area contributed by atoms with E-state index >= 15 is 0 Å². The minimum atomic E-state index is -0.0120. The van der Waals surface area contributed by atoms with Gasteiger partial charge in [-0.3, -0.25) is 4.79 Å². The van der Waals surface area contributed by atoms with Gasteiger partial charge in [-0.15, -0.1) is 0 Å². The highest BCUT2D eigenvalue weighted by Crippen LogP contribution is 2.27. The van der Waals surface area contributed by atoms with E-state index in [0.717, 1.165) is 5.56 Å². The van der Waals surface area contributed by atoms with Crippen LogP contribution < -0.4 is 11.1 Å². The third kappa shape index (κ3) is 2.72. The first-order chi connectivity index (χ1) is 9.78. The van der Waals surface area contributed by atoms with Gasteiger partial charge >= 0.3 is 0 Å². The molecule has 1 amide bonds. The fourth-order valence-electron chi connectivity index (χ4n) is 3.29. The molecule has 4 heteroatoms. The van der Waals surface area contributed by atoms with Crippen LogP contribution in [0, 0.1) is 5.92 Å². The van der Waals surface area contributed by atoms with E-state index in [0.29, 0.717) is 31.2 Å². The second-order valence-electron chi connectivity index (χ2n) is 5.84. The zero-order valence-corrected chi connectivity index (χ0v) is 11.7. The van der Waals surface area contributed by atoms with Crippen LogP contribution in [0.25, 0.3) is 0 Å². The molecule has 3 N–H and O–H groups in total. The lowest BCUT2D eigenvalue weighted by Crippen LogP contribution is -2.44. The lowest BCUT2D eigenvalue weighted by molar-refractivity contribution is 0.0924. The highest BCUT2D eigenvalue weighted by atomic mass is 16.5. The van der Waals surface area contributed by atoms with E-state index < -0.39 is 0 Å². The lowest BCUT2D eigenvalue weighted by atomic mass is 9.97. The molecule has 1 aliphatic heterocycles. The van der Waals surface area contributed by atoms with Crippen LogP contribution in [0.15, 0.2) is 18.2 Å². The third-order valence-electron chi connectivity index (χ3n) is 4.52. The Bertz CT molecular complexity index is 495. The fraction of sp³-hybridized carbons (Fsp3) is 0.562. The summed E-state index contributed by atoms with van der Waals surface area (Å²) in [5.41, 5.74) is 8.86. The van der Waals surface area contributed by atoms with E-state index in [9.17, 15) is 4.79 Å². The van der Waals surface area contributed by atoms with E-state index in [-0.39, 0.29) is 11.9 Å². The molecule has 1 saturated carbocycles. The summed E-state index contributed by atoms with van der Waals surface area (Å²) in [7, 11) is 0.